The van der Waals surface area contributed by atoms with E-state index >= 15 is 0 Å². The molecule has 14 heavy (non-hydrogen) atoms. The van der Waals surface area contributed by atoms with Gasteiger partial charge >= 0.3 is 0 Å². The van der Waals surface area contributed by atoms with Gasteiger partial charge in [-0.2, -0.15) is 0 Å². The highest BCUT2D eigenvalue weighted by molar-refractivity contribution is 5.78. The summed E-state index contributed by atoms with van der Waals surface area (Å²) in [6.45, 7) is 6.00. The predicted molar refractivity (Wildman–Crippen MR) is 58.2 cm³/mol. The standard InChI is InChI=1S/C10H10O2.C2H6/c1-7-2-3-10-8(4-7)5-9(6-11)12-10;1-2/h2-5,11H,6H2,1H3;1-2H3. The van der Waals surface area contributed by atoms with Crippen LogP contribution in [0.4, 0.5) is 0 Å². The normalized spacial score (nSPS) is 9.71. The minimum atomic E-state index is -0.0340. The zero-order valence-electron chi connectivity index (χ0n) is 8.87. The Morgan fingerprint density at radius 2 is 1.93 bits per heavy atom. The molecule has 0 bridgehead atoms. The molecule has 0 atom stereocenters. The van der Waals surface area contributed by atoms with Crippen LogP contribution in [0.1, 0.15) is 25.2 Å². The molecular weight excluding hydrogens is 176 g/mol. The molecule has 0 aliphatic carbocycles. The van der Waals surface area contributed by atoms with E-state index in [4.69, 9.17) is 9.52 Å². The number of aliphatic hydroxyl groups excluding tert-OH is 1. The highest BCUT2D eigenvalue weighted by atomic mass is 16.4. The van der Waals surface area contributed by atoms with Crippen LogP contribution in [0.25, 0.3) is 11.0 Å². The lowest BCUT2D eigenvalue weighted by molar-refractivity contribution is 0.251. The van der Waals surface area contributed by atoms with Crippen molar-refractivity contribution in [1.82, 2.24) is 0 Å². The maximum atomic E-state index is 8.81. The highest BCUT2D eigenvalue weighted by Crippen LogP contribution is 2.20. The lowest BCUT2D eigenvalue weighted by atomic mass is 10.2. The van der Waals surface area contributed by atoms with Crippen LogP contribution in [0.15, 0.2) is 28.7 Å². The van der Waals surface area contributed by atoms with E-state index in [0.717, 1.165) is 11.0 Å². The number of hydrogen-bond acceptors (Lipinski definition) is 2. The first kappa shape index (κ1) is 10.8. The number of furan rings is 1. The Kier molecular flexibility index (Phi) is 3.72. The zero-order chi connectivity index (χ0) is 10.6. The van der Waals surface area contributed by atoms with Crippen molar-refractivity contribution in [2.45, 2.75) is 27.4 Å². The molecule has 0 unspecified atom stereocenters. The lowest BCUT2D eigenvalue weighted by Crippen LogP contribution is -1.72. The first-order chi connectivity index (χ1) is 6.79. The molecule has 0 fully saturated rings. The van der Waals surface area contributed by atoms with Gasteiger partial charge in [0.1, 0.15) is 18.0 Å². The Hall–Kier alpha value is -1.28. The molecule has 2 aromatic rings. The van der Waals surface area contributed by atoms with Gasteiger partial charge in [-0.15, -0.1) is 0 Å². The Morgan fingerprint density at radius 1 is 1.21 bits per heavy atom. The van der Waals surface area contributed by atoms with Gasteiger partial charge in [-0.05, 0) is 25.1 Å². The van der Waals surface area contributed by atoms with Crippen LogP contribution in [0, 0.1) is 6.92 Å². The summed E-state index contributed by atoms with van der Waals surface area (Å²) in [4.78, 5) is 0. The quantitative estimate of drug-likeness (QED) is 0.752. The first-order valence-corrected chi connectivity index (χ1v) is 4.89. The maximum Gasteiger partial charge on any atom is 0.134 e. The molecule has 1 heterocycles. The Balaban J connectivity index is 0.000000461. The van der Waals surface area contributed by atoms with Crippen LogP contribution in [0.3, 0.4) is 0 Å². The summed E-state index contributed by atoms with van der Waals surface area (Å²) in [6.07, 6.45) is 0. The molecule has 0 aliphatic heterocycles. The van der Waals surface area contributed by atoms with E-state index < -0.39 is 0 Å². The van der Waals surface area contributed by atoms with Crippen molar-refractivity contribution in [3.8, 4) is 0 Å². The van der Waals surface area contributed by atoms with Crippen molar-refractivity contribution in [3.05, 3.63) is 35.6 Å². The predicted octanol–water partition coefficient (Wildman–Crippen LogP) is 3.26. The first-order valence-electron chi connectivity index (χ1n) is 4.89. The van der Waals surface area contributed by atoms with Crippen molar-refractivity contribution in [2.24, 2.45) is 0 Å². The van der Waals surface area contributed by atoms with Gasteiger partial charge in [-0.3, -0.25) is 0 Å². The average molecular weight is 192 g/mol. The number of benzene rings is 1. The van der Waals surface area contributed by atoms with E-state index in [0.29, 0.717) is 5.76 Å². The molecule has 0 spiro atoms. The molecule has 2 nitrogen and oxygen atoms in total. The van der Waals surface area contributed by atoms with Crippen LogP contribution in [-0.4, -0.2) is 5.11 Å². The third-order valence-corrected chi connectivity index (χ3v) is 1.88. The van der Waals surface area contributed by atoms with Gasteiger partial charge in [0.05, 0.1) is 0 Å². The monoisotopic (exact) mass is 192 g/mol. The minimum Gasteiger partial charge on any atom is -0.459 e. The minimum absolute atomic E-state index is 0.0340. The molecule has 1 aromatic carbocycles. The summed E-state index contributed by atoms with van der Waals surface area (Å²) in [5.74, 6) is 0.621. The van der Waals surface area contributed by atoms with E-state index in [2.05, 4.69) is 0 Å². The fourth-order valence-corrected chi connectivity index (χ4v) is 1.30. The van der Waals surface area contributed by atoms with E-state index in [1.54, 1.807) is 0 Å². The largest absolute Gasteiger partial charge is 0.459 e. The average Bonchev–Trinajstić information content (AvgIpc) is 2.62. The molecule has 0 radical (unpaired) electrons. The Morgan fingerprint density at radius 3 is 2.57 bits per heavy atom. The fraction of sp³-hybridized carbons (Fsp3) is 0.333. The number of aryl methyl sites for hydroxylation is 1. The van der Waals surface area contributed by atoms with Crippen molar-refractivity contribution in [2.75, 3.05) is 0 Å². The molecule has 0 saturated heterocycles. The van der Waals surface area contributed by atoms with E-state index in [1.165, 1.54) is 5.56 Å². The molecule has 2 heteroatoms. The number of aliphatic hydroxyl groups is 1. The van der Waals surface area contributed by atoms with Crippen LogP contribution < -0.4 is 0 Å². The fourth-order valence-electron chi connectivity index (χ4n) is 1.30. The molecule has 0 saturated carbocycles. The summed E-state index contributed by atoms with van der Waals surface area (Å²) in [5.41, 5.74) is 2.04. The number of hydrogen-bond donors (Lipinski definition) is 1. The second-order valence-corrected chi connectivity index (χ2v) is 2.91. The summed E-state index contributed by atoms with van der Waals surface area (Å²) >= 11 is 0. The molecule has 1 N–H and O–H groups in total. The van der Waals surface area contributed by atoms with Gasteiger partial charge in [0.15, 0.2) is 0 Å². The number of rotatable bonds is 1. The molecule has 1 aromatic heterocycles. The van der Waals surface area contributed by atoms with E-state index in [1.807, 2.05) is 45.0 Å². The van der Waals surface area contributed by atoms with Gasteiger partial charge in [0, 0.05) is 5.39 Å². The van der Waals surface area contributed by atoms with Gasteiger partial charge in [0.2, 0.25) is 0 Å². The van der Waals surface area contributed by atoms with Crippen LogP contribution in [0.5, 0.6) is 0 Å². The molecule has 0 amide bonds. The summed E-state index contributed by atoms with van der Waals surface area (Å²) in [7, 11) is 0. The van der Waals surface area contributed by atoms with Crippen molar-refractivity contribution in [3.63, 3.8) is 0 Å². The summed E-state index contributed by atoms with van der Waals surface area (Å²) in [5, 5.41) is 9.87. The van der Waals surface area contributed by atoms with Crippen molar-refractivity contribution in [1.29, 1.82) is 0 Å². The second kappa shape index (κ2) is 4.82. The van der Waals surface area contributed by atoms with Crippen LogP contribution in [0.2, 0.25) is 0 Å². The van der Waals surface area contributed by atoms with Crippen molar-refractivity contribution >= 4 is 11.0 Å². The van der Waals surface area contributed by atoms with Crippen molar-refractivity contribution < 1.29 is 9.52 Å². The van der Waals surface area contributed by atoms with E-state index in [9.17, 15) is 0 Å². The summed E-state index contributed by atoms with van der Waals surface area (Å²) in [6, 6.07) is 7.82. The maximum absolute atomic E-state index is 8.81. The molecule has 76 valence electrons. The van der Waals surface area contributed by atoms with Crippen LogP contribution >= 0.6 is 0 Å². The SMILES string of the molecule is CC.Cc1ccc2oc(CO)cc2c1. The van der Waals surface area contributed by atoms with Gasteiger partial charge in [-0.1, -0.05) is 25.5 Å². The zero-order valence-corrected chi connectivity index (χ0v) is 8.87. The Bertz CT molecular complexity index is 402. The molecule has 0 aliphatic rings. The molecular formula is C12H16O2. The second-order valence-electron chi connectivity index (χ2n) is 2.91. The summed E-state index contributed by atoms with van der Waals surface area (Å²) < 4.78 is 5.32. The molecule has 2 rings (SSSR count). The van der Waals surface area contributed by atoms with Gasteiger partial charge < -0.3 is 9.52 Å². The van der Waals surface area contributed by atoms with Gasteiger partial charge in [0.25, 0.3) is 0 Å². The topological polar surface area (TPSA) is 33.4 Å². The third-order valence-electron chi connectivity index (χ3n) is 1.88. The lowest BCUT2D eigenvalue weighted by Gasteiger charge is -1.89. The smallest absolute Gasteiger partial charge is 0.134 e. The van der Waals surface area contributed by atoms with Crippen LogP contribution in [-0.2, 0) is 6.61 Å². The third kappa shape index (κ3) is 2.15. The highest BCUT2D eigenvalue weighted by Gasteiger charge is 2.01. The van der Waals surface area contributed by atoms with Gasteiger partial charge in [-0.25, -0.2) is 0 Å². The Labute approximate surface area is 84.2 Å². The van der Waals surface area contributed by atoms with E-state index in [-0.39, 0.29) is 6.61 Å². The number of fused-ring (bicyclic) bond motifs is 1.